The van der Waals surface area contributed by atoms with Gasteiger partial charge in [-0.3, -0.25) is 4.79 Å². The van der Waals surface area contributed by atoms with Crippen LogP contribution in [0.1, 0.15) is 10.4 Å². The van der Waals surface area contributed by atoms with Crippen molar-refractivity contribution in [1.29, 1.82) is 0 Å². The quantitative estimate of drug-likeness (QED) is 0.858. The number of carbonyl (C=O) groups excluding carboxylic acids is 1. The van der Waals surface area contributed by atoms with E-state index >= 15 is 0 Å². The third-order valence-electron chi connectivity index (χ3n) is 2.72. The van der Waals surface area contributed by atoms with Crippen molar-refractivity contribution in [3.63, 3.8) is 0 Å². The molecule has 0 unspecified atom stereocenters. The van der Waals surface area contributed by atoms with Gasteiger partial charge in [-0.25, -0.2) is 9.37 Å². The molecule has 0 aliphatic rings. The number of halogens is 1. The minimum atomic E-state index is -0.440. The molecule has 0 saturated carbocycles. The second kappa shape index (κ2) is 5.99. The Balaban J connectivity index is 1.98. The van der Waals surface area contributed by atoms with Gasteiger partial charge in [-0.2, -0.15) is 0 Å². The summed E-state index contributed by atoms with van der Waals surface area (Å²) < 4.78 is 15.4. The van der Waals surface area contributed by atoms with Gasteiger partial charge < -0.3 is 15.2 Å². The van der Waals surface area contributed by atoms with E-state index in [9.17, 15) is 9.18 Å². The molecular formula is C13H15FN4O. The van der Waals surface area contributed by atoms with Gasteiger partial charge in [0.15, 0.2) is 0 Å². The van der Waals surface area contributed by atoms with Crippen LogP contribution in [0.3, 0.4) is 0 Å². The third kappa shape index (κ3) is 3.09. The normalized spacial score (nSPS) is 10.2. The number of amides is 1. The van der Waals surface area contributed by atoms with Gasteiger partial charge in [-0.15, -0.1) is 0 Å². The Bertz CT molecular complexity index is 554. The first-order chi connectivity index (χ1) is 9.22. The highest BCUT2D eigenvalue weighted by Crippen LogP contribution is 2.18. The Kier molecular flexibility index (Phi) is 4.12. The molecule has 2 N–H and O–H groups in total. The van der Waals surface area contributed by atoms with Gasteiger partial charge in [-0.05, 0) is 12.1 Å². The summed E-state index contributed by atoms with van der Waals surface area (Å²) in [4.78, 5) is 15.9. The number of hydrogen-bond acceptors (Lipinski definition) is 3. The van der Waals surface area contributed by atoms with Crippen molar-refractivity contribution >= 4 is 11.6 Å². The summed E-state index contributed by atoms with van der Waals surface area (Å²) in [6.07, 6.45) is 5.16. The average molecular weight is 262 g/mol. The summed E-state index contributed by atoms with van der Waals surface area (Å²) in [6, 6.07) is 4.41. The highest BCUT2D eigenvalue weighted by molar-refractivity contribution is 5.99. The van der Waals surface area contributed by atoms with E-state index in [0.717, 1.165) is 0 Å². The number of anilines is 1. The topological polar surface area (TPSA) is 59.0 Å². The molecular weight excluding hydrogens is 247 g/mol. The Hall–Kier alpha value is -2.37. The van der Waals surface area contributed by atoms with Gasteiger partial charge in [0.2, 0.25) is 0 Å². The Morgan fingerprint density at radius 3 is 3.00 bits per heavy atom. The maximum Gasteiger partial charge on any atom is 0.253 e. The molecule has 1 heterocycles. The fourth-order valence-corrected chi connectivity index (χ4v) is 1.78. The lowest BCUT2D eigenvalue weighted by atomic mass is 10.1. The molecule has 0 saturated heterocycles. The van der Waals surface area contributed by atoms with Crippen molar-refractivity contribution < 1.29 is 9.18 Å². The molecule has 19 heavy (non-hydrogen) atoms. The van der Waals surface area contributed by atoms with Crippen molar-refractivity contribution in [2.75, 3.05) is 18.9 Å². The van der Waals surface area contributed by atoms with Crippen molar-refractivity contribution in [1.82, 2.24) is 14.9 Å². The van der Waals surface area contributed by atoms with Crippen LogP contribution in [0.5, 0.6) is 0 Å². The summed E-state index contributed by atoms with van der Waals surface area (Å²) >= 11 is 0. The van der Waals surface area contributed by atoms with Gasteiger partial charge in [0.1, 0.15) is 5.82 Å². The molecule has 2 aromatic rings. The third-order valence-corrected chi connectivity index (χ3v) is 2.72. The number of hydrogen-bond donors (Lipinski definition) is 2. The van der Waals surface area contributed by atoms with E-state index < -0.39 is 5.82 Å². The predicted molar refractivity (Wildman–Crippen MR) is 70.5 cm³/mol. The van der Waals surface area contributed by atoms with Crippen LogP contribution in [0.4, 0.5) is 10.1 Å². The number of nitrogens with zero attached hydrogens (tertiary/aromatic N) is 2. The Morgan fingerprint density at radius 2 is 2.32 bits per heavy atom. The Morgan fingerprint density at radius 1 is 1.47 bits per heavy atom. The molecule has 2 rings (SSSR count). The zero-order valence-electron chi connectivity index (χ0n) is 10.6. The highest BCUT2D eigenvalue weighted by Gasteiger charge is 2.13. The number of aromatic nitrogens is 2. The molecule has 100 valence electrons. The minimum Gasteiger partial charge on any atom is -0.385 e. The van der Waals surface area contributed by atoms with Crippen LogP contribution in [0.15, 0.2) is 36.9 Å². The van der Waals surface area contributed by atoms with Crippen LogP contribution in [0.2, 0.25) is 0 Å². The van der Waals surface area contributed by atoms with Crippen LogP contribution in [-0.2, 0) is 6.54 Å². The molecule has 0 fully saturated rings. The number of imidazole rings is 1. The van der Waals surface area contributed by atoms with Crippen LogP contribution in [0, 0.1) is 5.82 Å². The monoisotopic (exact) mass is 262 g/mol. The van der Waals surface area contributed by atoms with Gasteiger partial charge in [0, 0.05) is 32.5 Å². The number of rotatable bonds is 5. The van der Waals surface area contributed by atoms with E-state index in [1.54, 1.807) is 25.6 Å². The van der Waals surface area contributed by atoms with Crippen LogP contribution in [0.25, 0.3) is 0 Å². The summed E-state index contributed by atoms with van der Waals surface area (Å²) in [5.41, 5.74) is 0.510. The number of para-hydroxylation sites is 1. The molecule has 0 atom stereocenters. The van der Waals surface area contributed by atoms with Crippen molar-refractivity contribution in [3.05, 3.63) is 48.3 Å². The molecule has 1 aromatic heterocycles. The zero-order valence-corrected chi connectivity index (χ0v) is 10.6. The second-order valence-electron chi connectivity index (χ2n) is 3.97. The summed E-state index contributed by atoms with van der Waals surface area (Å²) in [6.45, 7) is 1.07. The largest absolute Gasteiger partial charge is 0.385 e. The van der Waals surface area contributed by atoms with E-state index in [4.69, 9.17) is 0 Å². The molecule has 0 aliphatic heterocycles. The minimum absolute atomic E-state index is 0.211. The first kappa shape index (κ1) is 13.1. The zero-order chi connectivity index (χ0) is 13.7. The van der Waals surface area contributed by atoms with E-state index in [1.807, 2.05) is 10.8 Å². The maximum absolute atomic E-state index is 13.5. The summed E-state index contributed by atoms with van der Waals surface area (Å²) in [7, 11) is 1.58. The van der Waals surface area contributed by atoms with Gasteiger partial charge >= 0.3 is 0 Å². The maximum atomic E-state index is 13.5. The molecule has 1 amide bonds. The summed E-state index contributed by atoms with van der Waals surface area (Å²) in [5, 5.41) is 5.44. The van der Waals surface area contributed by atoms with Crippen molar-refractivity contribution in [2.24, 2.45) is 0 Å². The first-order valence-electron chi connectivity index (χ1n) is 5.92. The fourth-order valence-electron chi connectivity index (χ4n) is 1.78. The highest BCUT2D eigenvalue weighted by atomic mass is 19.1. The van der Waals surface area contributed by atoms with Crippen molar-refractivity contribution in [2.45, 2.75) is 6.54 Å². The average Bonchev–Trinajstić information content (AvgIpc) is 2.91. The standard InChI is InChI=1S/C13H15FN4O/c1-15-12-10(3-2-4-11(12)14)13(19)17-6-8-18-7-5-16-9-18/h2-5,7,9,15H,6,8H2,1H3,(H,17,19). The predicted octanol–water partition coefficient (Wildman–Crippen LogP) is 1.49. The molecule has 6 heteroatoms. The number of nitrogens with one attached hydrogen (secondary N) is 2. The number of benzene rings is 1. The van der Waals surface area contributed by atoms with E-state index in [1.165, 1.54) is 12.1 Å². The molecule has 0 bridgehead atoms. The lowest BCUT2D eigenvalue weighted by Gasteiger charge is -2.10. The number of carbonyl (C=O) groups is 1. The first-order valence-corrected chi connectivity index (χ1v) is 5.92. The van der Waals surface area contributed by atoms with Crippen LogP contribution in [-0.4, -0.2) is 29.1 Å². The summed E-state index contributed by atoms with van der Waals surface area (Å²) in [5.74, 6) is -0.742. The van der Waals surface area contributed by atoms with Crippen LogP contribution >= 0.6 is 0 Å². The van der Waals surface area contributed by atoms with Gasteiger partial charge in [0.05, 0.1) is 17.6 Å². The van der Waals surface area contributed by atoms with Crippen LogP contribution < -0.4 is 10.6 Å². The van der Waals surface area contributed by atoms with Gasteiger partial charge in [-0.1, -0.05) is 6.07 Å². The van der Waals surface area contributed by atoms with E-state index in [0.29, 0.717) is 18.7 Å². The molecule has 5 nitrogen and oxygen atoms in total. The molecule has 0 radical (unpaired) electrons. The van der Waals surface area contributed by atoms with Crippen molar-refractivity contribution in [3.8, 4) is 0 Å². The van der Waals surface area contributed by atoms with E-state index in [-0.39, 0.29) is 11.6 Å². The smallest absolute Gasteiger partial charge is 0.253 e. The Labute approximate surface area is 110 Å². The van der Waals surface area contributed by atoms with E-state index in [2.05, 4.69) is 15.6 Å². The molecule has 0 aliphatic carbocycles. The second-order valence-corrected chi connectivity index (χ2v) is 3.97. The van der Waals surface area contributed by atoms with Gasteiger partial charge in [0.25, 0.3) is 5.91 Å². The molecule has 0 spiro atoms. The lowest BCUT2D eigenvalue weighted by Crippen LogP contribution is -2.27. The lowest BCUT2D eigenvalue weighted by molar-refractivity contribution is 0.0952. The SMILES string of the molecule is CNc1c(F)cccc1C(=O)NCCn1ccnc1. The fraction of sp³-hybridized carbons (Fsp3) is 0.231. The molecule has 1 aromatic carbocycles.